The van der Waals surface area contributed by atoms with Crippen LogP contribution in [0.15, 0.2) is 53.1 Å². The zero-order valence-corrected chi connectivity index (χ0v) is 13.8. The number of likely N-dealkylation sites (tertiary alicyclic amines) is 1. The molecule has 4 rings (SSSR count). The lowest BCUT2D eigenvalue weighted by atomic mass is 9.97. The number of pyridine rings is 1. The molecule has 1 unspecified atom stereocenters. The molecule has 1 aliphatic rings. The van der Waals surface area contributed by atoms with Crippen LogP contribution in [-0.2, 0) is 6.54 Å². The van der Waals surface area contributed by atoms with Gasteiger partial charge in [0.25, 0.3) is 5.89 Å². The molecule has 6 heteroatoms. The van der Waals surface area contributed by atoms with Crippen molar-refractivity contribution >= 4 is 0 Å². The summed E-state index contributed by atoms with van der Waals surface area (Å²) in [6.07, 6.45) is 3.73. The summed E-state index contributed by atoms with van der Waals surface area (Å²) in [6, 6.07) is 12.5. The van der Waals surface area contributed by atoms with E-state index in [1.54, 1.807) is 12.3 Å². The molecule has 1 aromatic carbocycles. The second kappa shape index (κ2) is 7.11. The Morgan fingerprint density at radius 2 is 2.00 bits per heavy atom. The van der Waals surface area contributed by atoms with E-state index in [-0.39, 0.29) is 11.7 Å². The van der Waals surface area contributed by atoms with Crippen LogP contribution in [0.3, 0.4) is 0 Å². The minimum absolute atomic E-state index is 0.153. The molecule has 5 nitrogen and oxygen atoms in total. The van der Waals surface area contributed by atoms with Gasteiger partial charge in [0, 0.05) is 24.8 Å². The fraction of sp³-hybridized carbons (Fsp3) is 0.316. The molecule has 2 aromatic heterocycles. The summed E-state index contributed by atoms with van der Waals surface area (Å²) in [5, 5.41) is 8.34. The Balaban J connectivity index is 1.46. The average Bonchev–Trinajstić information content (AvgIpc) is 3.15. The van der Waals surface area contributed by atoms with E-state index in [0.717, 1.165) is 31.5 Å². The smallest absolute Gasteiger partial charge is 0.266 e. The molecule has 0 amide bonds. The van der Waals surface area contributed by atoms with Gasteiger partial charge in [-0.05, 0) is 37.6 Å². The lowest BCUT2D eigenvalue weighted by molar-refractivity contribution is 0.184. The van der Waals surface area contributed by atoms with Crippen LogP contribution in [0.4, 0.5) is 4.39 Å². The van der Waals surface area contributed by atoms with Gasteiger partial charge in [-0.3, -0.25) is 9.88 Å². The summed E-state index contributed by atoms with van der Waals surface area (Å²) in [7, 11) is 0. The number of rotatable bonds is 4. The maximum Gasteiger partial charge on any atom is 0.266 e. The Bertz CT molecular complexity index is 836. The lowest BCUT2D eigenvalue weighted by Crippen LogP contribution is -2.34. The third-order valence-electron chi connectivity index (χ3n) is 4.53. The fourth-order valence-electron chi connectivity index (χ4n) is 3.26. The number of halogens is 1. The van der Waals surface area contributed by atoms with E-state index in [4.69, 9.17) is 4.42 Å². The van der Waals surface area contributed by atoms with Crippen molar-refractivity contribution in [3.63, 3.8) is 0 Å². The molecule has 0 aliphatic carbocycles. The zero-order chi connectivity index (χ0) is 17.1. The summed E-state index contributed by atoms with van der Waals surface area (Å²) in [6.45, 7) is 2.34. The van der Waals surface area contributed by atoms with Crippen LogP contribution in [-0.4, -0.2) is 33.2 Å². The van der Waals surface area contributed by atoms with Crippen molar-refractivity contribution in [2.24, 2.45) is 0 Å². The van der Waals surface area contributed by atoms with E-state index in [1.165, 1.54) is 6.07 Å². The standard InChI is InChI=1S/C19H19FN4O/c20-16-8-2-1-6-14(16)12-24-11-5-7-15(13-24)18-22-23-19(25-18)17-9-3-4-10-21-17/h1-4,6,8-10,15H,5,7,11-13H2. The van der Waals surface area contributed by atoms with Crippen molar-refractivity contribution in [1.82, 2.24) is 20.1 Å². The highest BCUT2D eigenvalue weighted by Crippen LogP contribution is 2.28. The van der Waals surface area contributed by atoms with Crippen LogP contribution in [0.25, 0.3) is 11.6 Å². The van der Waals surface area contributed by atoms with Crippen LogP contribution in [0.5, 0.6) is 0 Å². The Morgan fingerprint density at radius 3 is 2.84 bits per heavy atom. The van der Waals surface area contributed by atoms with E-state index < -0.39 is 0 Å². The molecule has 1 fully saturated rings. The molecule has 0 N–H and O–H groups in total. The Hall–Kier alpha value is -2.60. The molecule has 3 aromatic rings. The van der Waals surface area contributed by atoms with Crippen molar-refractivity contribution in [3.05, 3.63) is 65.9 Å². The minimum Gasteiger partial charge on any atom is -0.419 e. The molecule has 0 spiro atoms. The lowest BCUT2D eigenvalue weighted by Gasteiger charge is -2.31. The zero-order valence-electron chi connectivity index (χ0n) is 13.8. The van der Waals surface area contributed by atoms with Crippen LogP contribution in [0.2, 0.25) is 0 Å². The van der Waals surface area contributed by atoms with Gasteiger partial charge in [-0.2, -0.15) is 0 Å². The van der Waals surface area contributed by atoms with Gasteiger partial charge in [0.05, 0.1) is 5.92 Å². The van der Waals surface area contributed by atoms with Crippen LogP contribution < -0.4 is 0 Å². The molecular weight excluding hydrogens is 319 g/mol. The first kappa shape index (κ1) is 15.9. The van der Waals surface area contributed by atoms with Crippen LogP contribution in [0, 0.1) is 5.82 Å². The first-order valence-corrected chi connectivity index (χ1v) is 8.50. The SMILES string of the molecule is Fc1ccccc1CN1CCCC(c2nnc(-c3ccccn3)o2)C1. The molecule has 0 saturated carbocycles. The molecule has 0 radical (unpaired) electrons. The number of benzene rings is 1. The van der Waals surface area contributed by atoms with Crippen molar-refractivity contribution in [2.75, 3.05) is 13.1 Å². The first-order valence-electron chi connectivity index (χ1n) is 8.50. The highest BCUT2D eigenvalue weighted by molar-refractivity contribution is 5.45. The average molecular weight is 338 g/mol. The Morgan fingerprint density at radius 1 is 1.12 bits per heavy atom. The largest absolute Gasteiger partial charge is 0.419 e. The number of hydrogen-bond donors (Lipinski definition) is 0. The Labute approximate surface area is 145 Å². The molecule has 128 valence electrons. The van der Waals surface area contributed by atoms with Gasteiger partial charge >= 0.3 is 0 Å². The van der Waals surface area contributed by atoms with Crippen LogP contribution >= 0.6 is 0 Å². The van der Waals surface area contributed by atoms with E-state index in [2.05, 4.69) is 20.1 Å². The number of hydrogen-bond acceptors (Lipinski definition) is 5. The highest BCUT2D eigenvalue weighted by Gasteiger charge is 2.26. The van der Waals surface area contributed by atoms with Gasteiger partial charge < -0.3 is 4.42 Å². The molecule has 1 atom stereocenters. The molecule has 1 saturated heterocycles. The summed E-state index contributed by atoms with van der Waals surface area (Å²) >= 11 is 0. The summed E-state index contributed by atoms with van der Waals surface area (Å²) in [4.78, 5) is 6.49. The van der Waals surface area contributed by atoms with E-state index in [1.807, 2.05) is 30.3 Å². The summed E-state index contributed by atoms with van der Waals surface area (Å²) in [5.74, 6) is 1.10. The van der Waals surface area contributed by atoms with Gasteiger partial charge in [0.15, 0.2) is 0 Å². The van der Waals surface area contributed by atoms with E-state index >= 15 is 0 Å². The summed E-state index contributed by atoms with van der Waals surface area (Å²) in [5.41, 5.74) is 1.41. The predicted octanol–water partition coefficient (Wildman–Crippen LogP) is 3.65. The van der Waals surface area contributed by atoms with E-state index in [0.29, 0.717) is 24.0 Å². The van der Waals surface area contributed by atoms with Crippen molar-refractivity contribution in [2.45, 2.75) is 25.3 Å². The molecular formula is C19H19FN4O. The van der Waals surface area contributed by atoms with Crippen molar-refractivity contribution in [3.8, 4) is 11.6 Å². The number of aromatic nitrogens is 3. The summed E-state index contributed by atoms with van der Waals surface area (Å²) < 4.78 is 19.7. The second-order valence-corrected chi connectivity index (χ2v) is 6.33. The maximum absolute atomic E-state index is 13.9. The fourth-order valence-corrected chi connectivity index (χ4v) is 3.26. The van der Waals surface area contributed by atoms with Gasteiger partial charge in [-0.15, -0.1) is 10.2 Å². The third kappa shape index (κ3) is 3.58. The second-order valence-electron chi connectivity index (χ2n) is 6.33. The van der Waals surface area contributed by atoms with Gasteiger partial charge in [0.1, 0.15) is 11.5 Å². The number of piperidine rings is 1. The molecule has 0 bridgehead atoms. The third-order valence-corrected chi connectivity index (χ3v) is 4.53. The quantitative estimate of drug-likeness (QED) is 0.727. The number of nitrogens with zero attached hydrogens (tertiary/aromatic N) is 4. The molecule has 3 heterocycles. The van der Waals surface area contributed by atoms with Gasteiger partial charge in [-0.1, -0.05) is 24.3 Å². The highest BCUT2D eigenvalue weighted by atomic mass is 19.1. The van der Waals surface area contributed by atoms with Crippen molar-refractivity contribution < 1.29 is 8.81 Å². The van der Waals surface area contributed by atoms with E-state index in [9.17, 15) is 4.39 Å². The topological polar surface area (TPSA) is 55.1 Å². The Kier molecular flexibility index (Phi) is 4.52. The van der Waals surface area contributed by atoms with Crippen molar-refractivity contribution in [1.29, 1.82) is 0 Å². The van der Waals surface area contributed by atoms with Gasteiger partial charge in [0.2, 0.25) is 5.89 Å². The molecule has 1 aliphatic heterocycles. The van der Waals surface area contributed by atoms with Crippen LogP contribution in [0.1, 0.15) is 30.2 Å². The maximum atomic E-state index is 13.9. The minimum atomic E-state index is -0.153. The molecule has 25 heavy (non-hydrogen) atoms. The van der Waals surface area contributed by atoms with Gasteiger partial charge in [-0.25, -0.2) is 4.39 Å². The predicted molar refractivity (Wildman–Crippen MR) is 91.2 cm³/mol. The normalized spacial score (nSPS) is 18.4. The monoisotopic (exact) mass is 338 g/mol. The first-order chi connectivity index (χ1) is 12.3.